The van der Waals surface area contributed by atoms with Crippen LogP contribution in [0.3, 0.4) is 0 Å². The maximum Gasteiger partial charge on any atom is 0.205 e. The number of rotatable bonds is 5. The van der Waals surface area contributed by atoms with Crippen molar-refractivity contribution in [1.29, 1.82) is 0 Å². The first-order chi connectivity index (χ1) is 8.71. The molecular formula is C11H20N4O2S. The molecule has 2 N–H and O–H groups in total. The molecule has 0 aliphatic carbocycles. The van der Waals surface area contributed by atoms with Crippen molar-refractivity contribution in [2.24, 2.45) is 0 Å². The molecule has 0 amide bonds. The fourth-order valence-electron chi connectivity index (χ4n) is 2.10. The Morgan fingerprint density at radius 3 is 3.06 bits per heavy atom. The van der Waals surface area contributed by atoms with E-state index in [-0.39, 0.29) is 18.8 Å². The Bertz CT molecular complexity index is 374. The number of aromatic nitrogens is 2. The van der Waals surface area contributed by atoms with Gasteiger partial charge in [-0.2, -0.15) is 0 Å². The largest absolute Gasteiger partial charge is 0.394 e. The molecule has 2 unspecified atom stereocenters. The maximum absolute atomic E-state index is 9.18. The first kappa shape index (κ1) is 13.7. The van der Waals surface area contributed by atoms with Crippen LogP contribution in [0.1, 0.15) is 18.9 Å². The zero-order valence-corrected chi connectivity index (χ0v) is 11.6. The lowest BCUT2D eigenvalue weighted by Crippen LogP contribution is -2.47. The average Bonchev–Trinajstić information content (AvgIpc) is 2.76. The van der Waals surface area contributed by atoms with Crippen LogP contribution in [-0.2, 0) is 11.3 Å². The number of ether oxygens (including phenoxy) is 1. The van der Waals surface area contributed by atoms with Gasteiger partial charge in [-0.25, -0.2) is 0 Å². The molecule has 2 heterocycles. The van der Waals surface area contributed by atoms with Crippen LogP contribution < -0.4 is 5.32 Å². The lowest BCUT2D eigenvalue weighted by atomic mass is 10.2. The number of aliphatic hydroxyl groups excluding tert-OH is 1. The van der Waals surface area contributed by atoms with Crippen molar-refractivity contribution in [3.8, 4) is 0 Å². The highest BCUT2D eigenvalue weighted by molar-refractivity contribution is 7.15. The maximum atomic E-state index is 9.18. The summed E-state index contributed by atoms with van der Waals surface area (Å²) in [5, 5.41) is 22.4. The van der Waals surface area contributed by atoms with Gasteiger partial charge in [0.1, 0.15) is 5.01 Å². The van der Waals surface area contributed by atoms with Gasteiger partial charge in [-0.05, 0) is 13.8 Å². The number of anilines is 1. The van der Waals surface area contributed by atoms with Gasteiger partial charge in [0, 0.05) is 19.6 Å². The molecule has 1 fully saturated rings. The van der Waals surface area contributed by atoms with E-state index in [0.29, 0.717) is 0 Å². The van der Waals surface area contributed by atoms with E-state index in [0.717, 1.165) is 36.3 Å². The molecule has 7 heteroatoms. The quantitative estimate of drug-likeness (QED) is 0.816. The van der Waals surface area contributed by atoms with E-state index in [1.165, 1.54) is 0 Å². The zero-order valence-electron chi connectivity index (χ0n) is 10.8. The summed E-state index contributed by atoms with van der Waals surface area (Å²) in [6.45, 7) is 7.38. The molecule has 1 aromatic heterocycles. The Balaban J connectivity index is 1.91. The number of hydrogen-bond acceptors (Lipinski definition) is 7. The third-order valence-corrected chi connectivity index (χ3v) is 3.62. The number of aliphatic hydroxyl groups is 1. The summed E-state index contributed by atoms with van der Waals surface area (Å²) in [5.41, 5.74) is 0. The van der Waals surface area contributed by atoms with Crippen molar-refractivity contribution in [2.45, 2.75) is 32.6 Å². The first-order valence-corrected chi connectivity index (χ1v) is 7.07. The smallest absolute Gasteiger partial charge is 0.205 e. The van der Waals surface area contributed by atoms with Gasteiger partial charge in [-0.15, -0.1) is 10.2 Å². The highest BCUT2D eigenvalue weighted by Crippen LogP contribution is 2.19. The van der Waals surface area contributed by atoms with Gasteiger partial charge in [0.15, 0.2) is 0 Å². The molecule has 1 aromatic rings. The van der Waals surface area contributed by atoms with Crippen molar-refractivity contribution in [1.82, 2.24) is 15.1 Å². The van der Waals surface area contributed by atoms with Crippen LogP contribution in [0, 0.1) is 0 Å². The minimum Gasteiger partial charge on any atom is -0.394 e. The summed E-state index contributed by atoms with van der Waals surface area (Å²) < 4.78 is 5.61. The molecule has 6 nitrogen and oxygen atoms in total. The lowest BCUT2D eigenvalue weighted by molar-refractivity contribution is -0.0972. The SMILES string of the molecule is CCNc1nnc(CN2CC(C)OC(CO)C2)s1. The molecular weight excluding hydrogens is 252 g/mol. The van der Waals surface area contributed by atoms with Crippen molar-refractivity contribution < 1.29 is 9.84 Å². The molecule has 1 saturated heterocycles. The number of hydrogen-bond donors (Lipinski definition) is 2. The van der Waals surface area contributed by atoms with Crippen molar-refractivity contribution >= 4 is 16.5 Å². The molecule has 0 radical (unpaired) electrons. The van der Waals surface area contributed by atoms with E-state index < -0.39 is 0 Å². The molecule has 18 heavy (non-hydrogen) atoms. The van der Waals surface area contributed by atoms with Crippen LogP contribution in [-0.4, -0.2) is 58.7 Å². The Morgan fingerprint density at radius 1 is 1.50 bits per heavy atom. The normalized spacial score (nSPS) is 25.3. The van der Waals surface area contributed by atoms with Gasteiger partial charge >= 0.3 is 0 Å². The van der Waals surface area contributed by atoms with Crippen LogP contribution in [0.25, 0.3) is 0 Å². The molecule has 0 spiro atoms. The number of nitrogens with zero attached hydrogens (tertiary/aromatic N) is 3. The summed E-state index contributed by atoms with van der Waals surface area (Å²) in [7, 11) is 0. The predicted molar refractivity (Wildman–Crippen MR) is 70.8 cm³/mol. The minimum atomic E-state index is -0.0880. The predicted octanol–water partition coefficient (Wildman–Crippen LogP) is 0.551. The highest BCUT2D eigenvalue weighted by Gasteiger charge is 2.25. The Morgan fingerprint density at radius 2 is 2.33 bits per heavy atom. The van der Waals surface area contributed by atoms with E-state index in [9.17, 15) is 5.11 Å². The van der Waals surface area contributed by atoms with Gasteiger partial charge < -0.3 is 15.2 Å². The minimum absolute atomic E-state index is 0.0690. The summed E-state index contributed by atoms with van der Waals surface area (Å²) in [5.74, 6) is 0. The average molecular weight is 272 g/mol. The molecule has 0 saturated carbocycles. The van der Waals surface area contributed by atoms with Crippen LogP contribution in [0.15, 0.2) is 0 Å². The molecule has 0 bridgehead atoms. The molecule has 2 rings (SSSR count). The molecule has 102 valence electrons. The number of morpholine rings is 1. The summed E-state index contributed by atoms with van der Waals surface area (Å²) in [6, 6.07) is 0. The van der Waals surface area contributed by atoms with E-state index >= 15 is 0 Å². The highest BCUT2D eigenvalue weighted by atomic mass is 32.1. The van der Waals surface area contributed by atoms with Crippen molar-refractivity contribution in [3.63, 3.8) is 0 Å². The summed E-state index contributed by atoms with van der Waals surface area (Å²) in [4.78, 5) is 2.26. The fourth-order valence-corrected chi connectivity index (χ4v) is 2.95. The van der Waals surface area contributed by atoms with Crippen molar-refractivity contribution in [3.05, 3.63) is 5.01 Å². The standard InChI is InChI=1S/C11H20N4O2S/c1-3-12-11-14-13-10(18-11)6-15-4-8(2)17-9(5-15)7-16/h8-9,16H,3-7H2,1-2H3,(H,12,14). The molecule has 0 aromatic carbocycles. The summed E-state index contributed by atoms with van der Waals surface area (Å²) >= 11 is 1.58. The molecule has 2 atom stereocenters. The Hall–Kier alpha value is -0.760. The second kappa shape index (κ2) is 6.42. The molecule has 1 aliphatic heterocycles. The van der Waals surface area contributed by atoms with Crippen molar-refractivity contribution in [2.75, 3.05) is 31.6 Å². The van der Waals surface area contributed by atoms with Gasteiger partial charge in [0.25, 0.3) is 0 Å². The first-order valence-electron chi connectivity index (χ1n) is 6.26. The number of nitrogens with one attached hydrogen (secondary N) is 1. The van der Waals surface area contributed by atoms with Crippen LogP contribution in [0.4, 0.5) is 5.13 Å². The van der Waals surface area contributed by atoms with Crippen LogP contribution in [0.5, 0.6) is 0 Å². The summed E-state index contributed by atoms with van der Waals surface area (Å²) in [6.07, 6.45) is 0.0620. The Labute approximate surface area is 111 Å². The van der Waals surface area contributed by atoms with E-state index in [2.05, 4.69) is 20.4 Å². The van der Waals surface area contributed by atoms with E-state index in [1.807, 2.05) is 13.8 Å². The van der Waals surface area contributed by atoms with Gasteiger partial charge in [0.2, 0.25) is 5.13 Å². The fraction of sp³-hybridized carbons (Fsp3) is 0.818. The van der Waals surface area contributed by atoms with E-state index in [1.54, 1.807) is 11.3 Å². The van der Waals surface area contributed by atoms with Crippen LogP contribution in [0.2, 0.25) is 0 Å². The lowest BCUT2D eigenvalue weighted by Gasteiger charge is -2.35. The third kappa shape index (κ3) is 3.61. The van der Waals surface area contributed by atoms with Gasteiger partial charge in [-0.1, -0.05) is 11.3 Å². The zero-order chi connectivity index (χ0) is 13.0. The van der Waals surface area contributed by atoms with E-state index in [4.69, 9.17) is 4.74 Å². The van der Waals surface area contributed by atoms with Gasteiger partial charge in [0.05, 0.1) is 25.4 Å². The Kier molecular flexibility index (Phi) is 4.87. The second-order valence-corrected chi connectivity index (χ2v) is 5.54. The van der Waals surface area contributed by atoms with Crippen LogP contribution >= 0.6 is 11.3 Å². The topological polar surface area (TPSA) is 70.5 Å². The molecule has 1 aliphatic rings. The monoisotopic (exact) mass is 272 g/mol. The van der Waals surface area contributed by atoms with Gasteiger partial charge in [-0.3, -0.25) is 4.90 Å². The second-order valence-electron chi connectivity index (χ2n) is 4.48. The third-order valence-electron chi connectivity index (χ3n) is 2.76.